The number of nitrogens with zero attached hydrogens (tertiary/aromatic N) is 2. The van der Waals surface area contributed by atoms with Crippen molar-refractivity contribution in [1.82, 2.24) is 9.78 Å². The summed E-state index contributed by atoms with van der Waals surface area (Å²) in [4.78, 5) is 15.2. The second kappa shape index (κ2) is 7.22. The Morgan fingerprint density at radius 2 is 1.62 bits per heavy atom. The van der Waals surface area contributed by atoms with Gasteiger partial charge < -0.3 is 15.1 Å². The van der Waals surface area contributed by atoms with Crippen LogP contribution in [0.2, 0.25) is 0 Å². The monoisotopic (exact) mass is 429 g/mol. The number of fused-ring (bicyclic) bond motifs is 1. The summed E-state index contributed by atoms with van der Waals surface area (Å²) in [7, 11) is 1.98. The predicted octanol–water partition coefficient (Wildman–Crippen LogP) is 1.96. The summed E-state index contributed by atoms with van der Waals surface area (Å²) >= 11 is 0. The first-order valence-corrected chi connectivity index (χ1v) is 11.0. The molecule has 0 amide bonds. The molecule has 2 atom stereocenters. The minimum atomic E-state index is -1.15. The molecule has 6 nitrogen and oxygen atoms in total. The molecule has 3 aromatic rings. The molecule has 1 fully saturated rings. The second-order valence-corrected chi connectivity index (χ2v) is 9.41. The van der Waals surface area contributed by atoms with Crippen molar-refractivity contribution in [3.8, 4) is 5.69 Å². The summed E-state index contributed by atoms with van der Waals surface area (Å²) < 4.78 is 1.42. The molecule has 166 valence electrons. The molecule has 32 heavy (non-hydrogen) atoms. The van der Waals surface area contributed by atoms with Crippen molar-refractivity contribution in [2.75, 3.05) is 11.9 Å². The molecule has 2 heterocycles. The molecule has 5 rings (SSSR count). The number of H-pyrrole nitrogens is 1. The highest BCUT2D eigenvalue weighted by atomic mass is 16.3. The number of hydrogen-bond donors (Lipinski definition) is 1. The Balaban J connectivity index is 1.47. The van der Waals surface area contributed by atoms with Crippen LogP contribution in [-0.4, -0.2) is 29.0 Å². The van der Waals surface area contributed by atoms with E-state index in [4.69, 9.17) is 0 Å². The van der Waals surface area contributed by atoms with Crippen LogP contribution < -0.4 is 20.7 Å². The summed E-state index contributed by atoms with van der Waals surface area (Å²) in [6.07, 6.45) is -0.433. The van der Waals surface area contributed by atoms with Crippen molar-refractivity contribution in [3.05, 3.63) is 93.5 Å². The summed E-state index contributed by atoms with van der Waals surface area (Å²) in [6.45, 7) is 5.99. The number of aryl methyl sites for hydroxylation is 1. The molecular weight excluding hydrogens is 402 g/mol. The van der Waals surface area contributed by atoms with E-state index in [1.165, 1.54) is 10.2 Å². The van der Waals surface area contributed by atoms with Crippen LogP contribution in [0.4, 0.5) is 5.69 Å². The minimum absolute atomic E-state index is 0.292. The molecule has 0 spiro atoms. The summed E-state index contributed by atoms with van der Waals surface area (Å²) in [5.74, 6) is -1.51. The van der Waals surface area contributed by atoms with E-state index < -0.39 is 24.0 Å². The zero-order valence-corrected chi connectivity index (χ0v) is 18.7. The molecule has 0 bridgehead atoms. The van der Waals surface area contributed by atoms with E-state index in [1.54, 1.807) is 6.92 Å². The fraction of sp³-hybridized carbons (Fsp3) is 0.346. The summed E-state index contributed by atoms with van der Waals surface area (Å²) in [5.41, 5.74) is 4.24. The fourth-order valence-corrected chi connectivity index (χ4v) is 5.42. The number of likely N-dealkylation sites (N-methyl/N-ethyl adjacent to an activating group) is 1. The Bertz CT molecular complexity index is 1240. The lowest BCUT2D eigenvalue weighted by atomic mass is 9.65. The van der Waals surface area contributed by atoms with Crippen molar-refractivity contribution in [3.63, 3.8) is 0 Å². The maximum absolute atomic E-state index is 13.3. The number of aromatic amines is 1. The Morgan fingerprint density at radius 3 is 2.28 bits per heavy atom. The quantitative estimate of drug-likeness (QED) is 0.690. The Hall–Kier alpha value is -3.09. The van der Waals surface area contributed by atoms with Crippen LogP contribution >= 0.6 is 0 Å². The molecule has 2 unspecified atom stereocenters. The highest BCUT2D eigenvalue weighted by Crippen LogP contribution is 2.49. The van der Waals surface area contributed by atoms with Crippen LogP contribution in [0.3, 0.4) is 0 Å². The van der Waals surface area contributed by atoms with Crippen LogP contribution in [0.25, 0.3) is 5.69 Å². The van der Waals surface area contributed by atoms with Gasteiger partial charge >= 0.3 is 0 Å². The van der Waals surface area contributed by atoms with Gasteiger partial charge in [0.2, 0.25) is 0 Å². The van der Waals surface area contributed by atoms with Gasteiger partial charge in [-0.2, -0.15) is 0 Å². The van der Waals surface area contributed by atoms with E-state index in [0.29, 0.717) is 16.9 Å². The van der Waals surface area contributed by atoms with Gasteiger partial charge in [0.15, 0.2) is 0 Å². The molecular formula is C26H27N3O3-2. The van der Waals surface area contributed by atoms with E-state index in [9.17, 15) is 15.0 Å². The molecule has 1 aliphatic carbocycles. The average Bonchev–Trinajstić information content (AvgIpc) is 3.18. The highest BCUT2D eigenvalue weighted by molar-refractivity contribution is 5.69. The number of para-hydroxylation sites is 2. The van der Waals surface area contributed by atoms with E-state index in [2.05, 4.69) is 36.0 Å². The lowest BCUT2D eigenvalue weighted by Gasteiger charge is -2.60. The summed E-state index contributed by atoms with van der Waals surface area (Å²) in [6, 6.07) is 17.3. The van der Waals surface area contributed by atoms with E-state index in [0.717, 1.165) is 11.4 Å². The van der Waals surface area contributed by atoms with Gasteiger partial charge in [-0.05, 0) is 42.5 Å². The molecule has 2 aliphatic rings. The van der Waals surface area contributed by atoms with Crippen LogP contribution in [0.15, 0.2) is 71.2 Å². The number of anilines is 1. The maximum atomic E-state index is 13.3. The van der Waals surface area contributed by atoms with Gasteiger partial charge in [0.05, 0.1) is 5.69 Å². The number of rotatable bonds is 3. The van der Waals surface area contributed by atoms with Crippen molar-refractivity contribution in [2.45, 2.75) is 44.3 Å². The first-order valence-electron chi connectivity index (χ1n) is 11.0. The van der Waals surface area contributed by atoms with Gasteiger partial charge in [-0.1, -0.05) is 56.3 Å². The zero-order chi connectivity index (χ0) is 22.8. The lowest BCUT2D eigenvalue weighted by Crippen LogP contribution is -2.65. The Morgan fingerprint density at radius 1 is 1.00 bits per heavy atom. The van der Waals surface area contributed by atoms with Crippen LogP contribution in [0, 0.1) is 12.8 Å². The van der Waals surface area contributed by atoms with Gasteiger partial charge in [-0.3, -0.25) is 9.89 Å². The molecule has 1 N–H and O–H groups in total. The number of nitrogens with one attached hydrogen (secondary N) is 1. The van der Waals surface area contributed by atoms with Crippen molar-refractivity contribution < 1.29 is 10.2 Å². The lowest BCUT2D eigenvalue weighted by molar-refractivity contribution is -0.543. The second-order valence-electron chi connectivity index (χ2n) is 9.41. The molecule has 1 saturated carbocycles. The van der Waals surface area contributed by atoms with Gasteiger partial charge in [0.1, 0.15) is 0 Å². The van der Waals surface area contributed by atoms with Crippen LogP contribution in [0.1, 0.15) is 36.6 Å². The van der Waals surface area contributed by atoms with Crippen molar-refractivity contribution in [2.24, 2.45) is 5.92 Å². The normalized spacial score (nSPS) is 27.4. The molecule has 1 aromatic heterocycles. The van der Waals surface area contributed by atoms with Crippen LogP contribution in [0.5, 0.6) is 0 Å². The van der Waals surface area contributed by atoms with E-state index >= 15 is 0 Å². The molecule has 0 radical (unpaired) electrons. The summed E-state index contributed by atoms with van der Waals surface area (Å²) in [5, 5.41) is 29.6. The third-order valence-corrected chi connectivity index (χ3v) is 7.22. The first-order chi connectivity index (χ1) is 15.2. The van der Waals surface area contributed by atoms with Gasteiger partial charge in [0, 0.05) is 35.1 Å². The van der Waals surface area contributed by atoms with Crippen molar-refractivity contribution >= 4 is 5.69 Å². The zero-order valence-electron chi connectivity index (χ0n) is 18.7. The minimum Gasteiger partial charge on any atom is -0.851 e. The Labute approximate surface area is 187 Å². The van der Waals surface area contributed by atoms with E-state index in [1.807, 2.05) is 55.6 Å². The molecule has 0 saturated heterocycles. The SMILES string of the molecule is Cc1[nH]n(-c2ccccc2)c(=O)c1C1C([O-])C(C=C2N(C)c3ccccc3C2(C)C)C1[O-]. The number of allylic oxidation sites excluding steroid dienone is 1. The Kier molecular flexibility index (Phi) is 4.69. The topological polar surface area (TPSA) is 87.1 Å². The smallest absolute Gasteiger partial charge is 0.274 e. The fourth-order valence-electron chi connectivity index (χ4n) is 5.42. The largest absolute Gasteiger partial charge is 0.851 e. The number of benzene rings is 2. The van der Waals surface area contributed by atoms with Gasteiger partial charge in [-0.25, -0.2) is 4.68 Å². The van der Waals surface area contributed by atoms with Crippen LogP contribution in [-0.2, 0) is 5.41 Å². The van der Waals surface area contributed by atoms with Gasteiger partial charge in [-0.15, -0.1) is 12.2 Å². The predicted molar refractivity (Wildman–Crippen MR) is 121 cm³/mol. The molecule has 2 aromatic carbocycles. The average molecular weight is 430 g/mol. The van der Waals surface area contributed by atoms with Crippen molar-refractivity contribution in [1.29, 1.82) is 0 Å². The molecule has 6 heteroatoms. The first kappa shape index (κ1) is 20.8. The number of aromatic nitrogens is 2. The maximum Gasteiger partial charge on any atom is 0.274 e. The van der Waals surface area contributed by atoms with E-state index in [-0.39, 0.29) is 11.0 Å². The third kappa shape index (κ3) is 2.83. The third-order valence-electron chi connectivity index (χ3n) is 7.22. The number of hydrogen-bond acceptors (Lipinski definition) is 4. The standard InChI is InChI=1S/C26H27N3O3/c1-15-21(25(32)29(27-15)16-10-6-5-7-11-16)22-23(30)17(24(22)31)14-20-26(2,3)18-12-8-9-13-19(18)28(20)4/h5-14,17,22-24,27H,1-4H3/q-2. The van der Waals surface area contributed by atoms with Gasteiger partial charge in [0.25, 0.3) is 5.56 Å². The highest BCUT2D eigenvalue weighted by Gasteiger charge is 2.43. The molecule has 1 aliphatic heterocycles.